The molecule has 0 unspecified atom stereocenters. The zero-order valence-electron chi connectivity index (χ0n) is 17.8. The van der Waals surface area contributed by atoms with Crippen LogP contribution in [0.5, 0.6) is 0 Å². The molecule has 0 atom stereocenters. The van der Waals surface area contributed by atoms with Gasteiger partial charge in [-0.3, -0.25) is 14.6 Å². The molecule has 3 aromatic heterocycles. The first kappa shape index (κ1) is 20.8. The van der Waals surface area contributed by atoms with Gasteiger partial charge < -0.3 is 4.57 Å². The van der Waals surface area contributed by atoms with Crippen LogP contribution in [0.15, 0.2) is 99.6 Å². The number of nitrogens with one attached hydrogen (secondary N) is 1. The van der Waals surface area contributed by atoms with Gasteiger partial charge in [0.1, 0.15) is 21.7 Å². The fourth-order valence-corrected chi connectivity index (χ4v) is 5.23. The van der Waals surface area contributed by atoms with Crippen LogP contribution in [0.4, 0.5) is 0 Å². The highest BCUT2D eigenvalue weighted by Gasteiger charge is 2.24. The van der Waals surface area contributed by atoms with Crippen molar-refractivity contribution in [3.8, 4) is 0 Å². The van der Waals surface area contributed by atoms with Crippen molar-refractivity contribution in [3.63, 3.8) is 0 Å². The molecule has 5 rings (SSSR count). The highest BCUT2D eigenvalue weighted by atomic mass is 32.2. The van der Waals surface area contributed by atoms with Gasteiger partial charge in [-0.25, -0.2) is 13.4 Å². The zero-order valence-corrected chi connectivity index (χ0v) is 18.6. The number of aromatic nitrogens is 3. The van der Waals surface area contributed by atoms with E-state index in [1.165, 1.54) is 27.2 Å². The molecule has 3 heterocycles. The van der Waals surface area contributed by atoms with Crippen LogP contribution in [-0.4, -0.2) is 22.4 Å². The summed E-state index contributed by atoms with van der Waals surface area (Å²) < 4.78 is 29.8. The summed E-state index contributed by atoms with van der Waals surface area (Å²) in [6.07, 6.45) is 1.59. The SMILES string of the molecule is Cc1ccc(Cn2c(=N)c(S(=O)(=O)c3ccccc3)cc3c(=O)n4ccccc4nc32)cc1. The Morgan fingerprint density at radius 2 is 1.64 bits per heavy atom. The van der Waals surface area contributed by atoms with Gasteiger partial charge in [-0.05, 0) is 42.8 Å². The van der Waals surface area contributed by atoms with E-state index >= 15 is 0 Å². The first-order valence-electron chi connectivity index (χ1n) is 10.3. The van der Waals surface area contributed by atoms with Crippen molar-refractivity contribution < 1.29 is 8.42 Å². The molecule has 0 bridgehead atoms. The van der Waals surface area contributed by atoms with Crippen molar-refractivity contribution in [1.29, 1.82) is 5.41 Å². The van der Waals surface area contributed by atoms with Crippen LogP contribution in [0.25, 0.3) is 16.7 Å². The Morgan fingerprint density at radius 1 is 0.939 bits per heavy atom. The second-order valence-corrected chi connectivity index (χ2v) is 9.75. The Labute approximate surface area is 189 Å². The molecule has 0 spiro atoms. The minimum Gasteiger partial charge on any atom is -0.305 e. The molecular weight excluding hydrogens is 436 g/mol. The molecule has 33 heavy (non-hydrogen) atoms. The third kappa shape index (κ3) is 3.54. The Kier molecular flexibility index (Phi) is 4.94. The summed E-state index contributed by atoms with van der Waals surface area (Å²) in [5.41, 5.74) is 2.03. The van der Waals surface area contributed by atoms with Crippen LogP contribution in [-0.2, 0) is 16.4 Å². The van der Waals surface area contributed by atoms with Crippen molar-refractivity contribution in [2.75, 3.05) is 0 Å². The molecule has 5 aromatic rings. The summed E-state index contributed by atoms with van der Waals surface area (Å²) in [5, 5.41) is 8.97. The highest BCUT2D eigenvalue weighted by Crippen LogP contribution is 2.21. The van der Waals surface area contributed by atoms with E-state index in [0.717, 1.165) is 11.1 Å². The third-order valence-electron chi connectivity index (χ3n) is 5.59. The van der Waals surface area contributed by atoms with E-state index in [1.54, 1.807) is 42.6 Å². The van der Waals surface area contributed by atoms with Gasteiger partial charge in [0.2, 0.25) is 9.84 Å². The van der Waals surface area contributed by atoms with E-state index in [2.05, 4.69) is 4.98 Å². The number of sulfone groups is 1. The summed E-state index contributed by atoms with van der Waals surface area (Å²) in [5.74, 6) is 0. The van der Waals surface area contributed by atoms with E-state index < -0.39 is 15.4 Å². The number of benzene rings is 2. The average molecular weight is 457 g/mol. The van der Waals surface area contributed by atoms with Crippen LogP contribution in [0, 0.1) is 12.3 Å². The van der Waals surface area contributed by atoms with Gasteiger partial charge in [0.25, 0.3) is 5.56 Å². The lowest BCUT2D eigenvalue weighted by Gasteiger charge is -2.15. The number of pyridine rings is 2. The lowest BCUT2D eigenvalue weighted by Crippen LogP contribution is -2.30. The zero-order chi connectivity index (χ0) is 23.2. The van der Waals surface area contributed by atoms with Crippen LogP contribution in [0.2, 0.25) is 0 Å². The van der Waals surface area contributed by atoms with Crippen molar-refractivity contribution in [3.05, 3.63) is 112 Å². The van der Waals surface area contributed by atoms with E-state index in [1.807, 2.05) is 31.2 Å². The molecule has 0 saturated heterocycles. The Hall–Kier alpha value is -4.04. The molecule has 0 amide bonds. The third-order valence-corrected chi connectivity index (χ3v) is 7.37. The summed E-state index contributed by atoms with van der Waals surface area (Å²) in [6, 6.07) is 22.1. The standard InChI is InChI=1S/C25H20N4O3S/c1-17-10-12-18(13-11-17)16-29-23(26)21(33(31,32)19-7-3-2-4-8-19)15-20-24(29)27-22-9-5-6-14-28(22)25(20)30/h2-15,26H,16H2,1H3. The van der Waals surface area contributed by atoms with Gasteiger partial charge in [0, 0.05) is 6.20 Å². The lowest BCUT2D eigenvalue weighted by molar-refractivity contribution is 0.591. The Balaban J connectivity index is 1.87. The summed E-state index contributed by atoms with van der Waals surface area (Å²) in [7, 11) is -4.04. The summed E-state index contributed by atoms with van der Waals surface area (Å²) in [6.45, 7) is 2.17. The predicted octanol–water partition coefficient (Wildman–Crippen LogP) is 3.32. The Morgan fingerprint density at radius 3 is 2.36 bits per heavy atom. The van der Waals surface area contributed by atoms with Crippen molar-refractivity contribution in [1.82, 2.24) is 14.0 Å². The van der Waals surface area contributed by atoms with E-state index in [9.17, 15) is 13.2 Å². The second-order valence-electron chi connectivity index (χ2n) is 7.83. The number of aryl methyl sites for hydroxylation is 1. The molecule has 7 nitrogen and oxygen atoms in total. The number of hydrogen-bond acceptors (Lipinski definition) is 5. The molecule has 0 fully saturated rings. The smallest absolute Gasteiger partial charge is 0.267 e. The lowest BCUT2D eigenvalue weighted by atomic mass is 10.1. The van der Waals surface area contributed by atoms with Gasteiger partial charge in [0.05, 0.1) is 16.8 Å². The first-order chi connectivity index (χ1) is 15.9. The fraction of sp³-hybridized carbons (Fsp3) is 0.0800. The minimum atomic E-state index is -4.04. The van der Waals surface area contributed by atoms with Crippen LogP contribution in [0.1, 0.15) is 11.1 Å². The molecule has 0 radical (unpaired) electrons. The maximum absolute atomic E-state index is 13.5. The van der Waals surface area contributed by atoms with Gasteiger partial charge >= 0.3 is 0 Å². The number of rotatable bonds is 4. The van der Waals surface area contributed by atoms with Crippen LogP contribution >= 0.6 is 0 Å². The fourth-order valence-electron chi connectivity index (χ4n) is 3.82. The molecule has 0 aliphatic rings. The number of nitrogens with zero attached hydrogens (tertiary/aromatic N) is 3. The molecule has 0 saturated carbocycles. The molecule has 164 valence electrons. The van der Waals surface area contributed by atoms with Gasteiger partial charge in [-0.2, -0.15) is 0 Å². The quantitative estimate of drug-likeness (QED) is 0.420. The van der Waals surface area contributed by atoms with Crippen molar-refractivity contribution >= 4 is 26.5 Å². The normalized spacial score (nSPS) is 11.8. The molecule has 0 aliphatic heterocycles. The highest BCUT2D eigenvalue weighted by molar-refractivity contribution is 7.91. The number of fused-ring (bicyclic) bond motifs is 2. The largest absolute Gasteiger partial charge is 0.305 e. The molecule has 0 aliphatic carbocycles. The van der Waals surface area contributed by atoms with Gasteiger partial charge in [0.15, 0.2) is 0 Å². The average Bonchev–Trinajstić information content (AvgIpc) is 2.83. The van der Waals surface area contributed by atoms with Crippen LogP contribution < -0.4 is 11.0 Å². The summed E-state index contributed by atoms with van der Waals surface area (Å²) in [4.78, 5) is 17.8. The van der Waals surface area contributed by atoms with E-state index in [0.29, 0.717) is 5.65 Å². The second kappa shape index (κ2) is 7.83. The Bertz CT molecular complexity index is 1740. The maximum atomic E-state index is 13.5. The summed E-state index contributed by atoms with van der Waals surface area (Å²) >= 11 is 0. The van der Waals surface area contributed by atoms with Crippen molar-refractivity contribution in [2.45, 2.75) is 23.3 Å². The number of hydrogen-bond donors (Lipinski definition) is 1. The van der Waals surface area contributed by atoms with E-state index in [-0.39, 0.29) is 32.9 Å². The van der Waals surface area contributed by atoms with Crippen molar-refractivity contribution in [2.24, 2.45) is 0 Å². The van der Waals surface area contributed by atoms with Gasteiger partial charge in [-0.15, -0.1) is 0 Å². The maximum Gasteiger partial charge on any atom is 0.267 e. The van der Waals surface area contributed by atoms with Gasteiger partial charge in [-0.1, -0.05) is 54.1 Å². The topological polar surface area (TPSA) is 97.3 Å². The molecular formula is C25H20N4O3S. The molecule has 8 heteroatoms. The molecule has 1 N–H and O–H groups in total. The monoisotopic (exact) mass is 456 g/mol. The minimum absolute atomic E-state index is 0.0635. The predicted molar refractivity (Wildman–Crippen MR) is 125 cm³/mol. The van der Waals surface area contributed by atoms with E-state index in [4.69, 9.17) is 5.41 Å². The van der Waals surface area contributed by atoms with Crippen LogP contribution in [0.3, 0.4) is 0 Å². The molecule has 2 aromatic carbocycles. The first-order valence-corrected chi connectivity index (χ1v) is 11.8.